The predicted molar refractivity (Wildman–Crippen MR) is 145 cm³/mol. The van der Waals surface area contributed by atoms with Gasteiger partial charge in [0.15, 0.2) is 0 Å². The Bertz CT molecular complexity index is 1380. The summed E-state index contributed by atoms with van der Waals surface area (Å²) in [6.45, 7) is 9.08. The van der Waals surface area contributed by atoms with Crippen LogP contribution in [0.1, 0.15) is 45.9 Å². The lowest BCUT2D eigenvalue weighted by atomic mass is 10.1. The van der Waals surface area contributed by atoms with E-state index in [1.165, 1.54) is 10.8 Å². The lowest BCUT2D eigenvalue weighted by molar-refractivity contribution is -0.149. The number of nitrogens with zero attached hydrogens (tertiary/aromatic N) is 1. The lowest BCUT2D eigenvalue weighted by Gasteiger charge is -2.24. The highest BCUT2D eigenvalue weighted by atomic mass is 31.2. The topological polar surface area (TPSA) is 121 Å². The van der Waals surface area contributed by atoms with Crippen LogP contribution in [0.2, 0.25) is 0 Å². The second-order valence-electron chi connectivity index (χ2n) is 9.80. The maximum atomic E-state index is 12.5. The van der Waals surface area contributed by atoms with Gasteiger partial charge < -0.3 is 18.5 Å². The minimum Gasteiger partial charge on any atom is -0.462 e. The number of carbonyl (C=O) groups is 1. The van der Waals surface area contributed by atoms with Gasteiger partial charge in [0, 0.05) is 23.1 Å². The number of ether oxygens (including phenoxy) is 2. The molecule has 3 aromatic rings. The van der Waals surface area contributed by atoms with Gasteiger partial charge in [0.2, 0.25) is 0 Å². The van der Waals surface area contributed by atoms with Crippen LogP contribution < -0.4 is 20.9 Å². The van der Waals surface area contributed by atoms with Crippen molar-refractivity contribution in [2.75, 3.05) is 6.61 Å². The third-order valence-corrected chi connectivity index (χ3v) is 7.53. The summed E-state index contributed by atoms with van der Waals surface area (Å²) < 4.78 is 25.3. The number of hydrogen-bond acceptors (Lipinski definition) is 8. The average Bonchev–Trinajstić information content (AvgIpc) is 3.24. The minimum atomic E-state index is -1.77. The first-order chi connectivity index (χ1) is 18.1. The van der Waals surface area contributed by atoms with Crippen LogP contribution in [-0.2, 0) is 18.8 Å². The van der Waals surface area contributed by atoms with Crippen LogP contribution in [0.3, 0.4) is 0 Å². The van der Waals surface area contributed by atoms with E-state index in [9.17, 15) is 14.4 Å². The Morgan fingerprint density at radius 2 is 1.92 bits per heavy atom. The van der Waals surface area contributed by atoms with Gasteiger partial charge in [0.05, 0.1) is 18.8 Å². The van der Waals surface area contributed by atoms with Crippen molar-refractivity contribution in [2.24, 2.45) is 5.92 Å². The second-order valence-corrected chi connectivity index (χ2v) is 11.0. The molecule has 0 radical (unpaired) electrons. The number of aromatic amines is 1. The zero-order valence-corrected chi connectivity index (χ0v) is 23.1. The average molecular weight is 544 g/mol. The zero-order valence-electron chi connectivity index (χ0n) is 22.2. The molecule has 10 nitrogen and oxygen atoms in total. The van der Waals surface area contributed by atoms with Gasteiger partial charge in [-0.3, -0.25) is 19.1 Å². The SMILES string of the molecule is Cc1cn(C2OC(CO[P@@](NC(C)C(=O)OC(C)C)Oc3cccc4ccccc34)CC2C)c(=O)[nH]c1=O. The maximum Gasteiger partial charge on any atom is 0.330 e. The molecule has 2 N–H and O–H groups in total. The Kier molecular flexibility index (Phi) is 8.99. The maximum absolute atomic E-state index is 12.5. The highest BCUT2D eigenvalue weighted by Crippen LogP contribution is 2.41. The van der Waals surface area contributed by atoms with Crippen molar-refractivity contribution in [2.45, 2.75) is 65.5 Å². The molecule has 0 aliphatic carbocycles. The van der Waals surface area contributed by atoms with Crippen molar-refractivity contribution in [3.63, 3.8) is 0 Å². The second kappa shape index (κ2) is 12.2. The third kappa shape index (κ3) is 6.69. The molecule has 0 bridgehead atoms. The third-order valence-electron chi connectivity index (χ3n) is 6.19. The van der Waals surface area contributed by atoms with Crippen molar-refractivity contribution in [3.05, 3.63) is 75.1 Å². The van der Waals surface area contributed by atoms with Crippen LogP contribution in [0.4, 0.5) is 0 Å². The summed E-state index contributed by atoms with van der Waals surface area (Å²) in [4.78, 5) is 39.0. The van der Waals surface area contributed by atoms with Crippen molar-refractivity contribution < 1.29 is 23.3 Å². The molecule has 1 saturated heterocycles. The van der Waals surface area contributed by atoms with Crippen LogP contribution in [0.5, 0.6) is 5.75 Å². The Hall–Kier alpha value is -3.04. The first-order valence-corrected chi connectivity index (χ1v) is 13.8. The van der Waals surface area contributed by atoms with Crippen molar-refractivity contribution >= 4 is 25.3 Å². The number of nitrogens with one attached hydrogen (secondary N) is 2. The van der Waals surface area contributed by atoms with E-state index in [0.29, 0.717) is 17.7 Å². The number of hydrogen-bond donors (Lipinski definition) is 2. The van der Waals surface area contributed by atoms with E-state index in [-0.39, 0.29) is 24.7 Å². The van der Waals surface area contributed by atoms with E-state index < -0.39 is 38.0 Å². The molecule has 4 unspecified atom stereocenters. The number of aryl methyl sites for hydroxylation is 1. The van der Waals surface area contributed by atoms with E-state index in [1.807, 2.05) is 49.4 Å². The summed E-state index contributed by atoms with van der Waals surface area (Å²) in [5.41, 5.74) is -0.498. The Morgan fingerprint density at radius 3 is 2.68 bits per heavy atom. The quantitative estimate of drug-likeness (QED) is 0.289. The molecule has 1 aliphatic rings. The zero-order chi connectivity index (χ0) is 27.4. The summed E-state index contributed by atoms with van der Waals surface area (Å²) >= 11 is 0. The molecule has 38 heavy (non-hydrogen) atoms. The van der Waals surface area contributed by atoms with Crippen LogP contribution in [-0.4, -0.2) is 40.4 Å². The van der Waals surface area contributed by atoms with E-state index in [2.05, 4.69) is 10.1 Å². The fraction of sp³-hybridized carbons (Fsp3) is 0.444. The van der Waals surface area contributed by atoms with Gasteiger partial charge in [0.1, 0.15) is 18.0 Å². The first-order valence-electron chi connectivity index (χ1n) is 12.7. The first kappa shape index (κ1) is 28.0. The van der Waals surface area contributed by atoms with Gasteiger partial charge in [-0.25, -0.2) is 9.88 Å². The fourth-order valence-corrected chi connectivity index (χ4v) is 5.53. The van der Waals surface area contributed by atoms with Crippen LogP contribution >= 0.6 is 8.53 Å². The number of carbonyl (C=O) groups excluding carboxylic acids is 1. The van der Waals surface area contributed by atoms with Crippen molar-refractivity contribution in [3.8, 4) is 5.75 Å². The normalized spacial score (nSPS) is 20.9. The molecule has 1 aliphatic heterocycles. The van der Waals surface area contributed by atoms with Crippen LogP contribution in [0, 0.1) is 12.8 Å². The van der Waals surface area contributed by atoms with Crippen molar-refractivity contribution in [1.82, 2.24) is 14.6 Å². The molecule has 2 aromatic carbocycles. The van der Waals surface area contributed by atoms with Gasteiger partial charge in [-0.2, -0.15) is 0 Å². The highest BCUT2D eigenvalue weighted by molar-refractivity contribution is 7.45. The molecule has 5 atom stereocenters. The van der Waals surface area contributed by atoms with E-state index in [4.69, 9.17) is 18.5 Å². The summed E-state index contributed by atoms with van der Waals surface area (Å²) in [5.74, 6) is 0.223. The smallest absolute Gasteiger partial charge is 0.330 e. The Balaban J connectivity index is 1.49. The number of rotatable bonds is 10. The fourth-order valence-electron chi connectivity index (χ4n) is 4.29. The van der Waals surface area contributed by atoms with Gasteiger partial charge in [-0.1, -0.05) is 43.3 Å². The highest BCUT2D eigenvalue weighted by Gasteiger charge is 2.35. The predicted octanol–water partition coefficient (Wildman–Crippen LogP) is 4.17. The van der Waals surface area contributed by atoms with Gasteiger partial charge in [-0.05, 0) is 45.6 Å². The monoisotopic (exact) mass is 543 g/mol. The number of aromatic nitrogens is 2. The van der Waals surface area contributed by atoms with Crippen LogP contribution in [0.15, 0.2) is 58.3 Å². The number of benzene rings is 2. The molecule has 0 spiro atoms. The largest absolute Gasteiger partial charge is 0.462 e. The molecular weight excluding hydrogens is 509 g/mol. The molecular formula is C27H34N3O7P. The van der Waals surface area contributed by atoms with Gasteiger partial charge in [-0.15, -0.1) is 0 Å². The number of esters is 1. The molecule has 204 valence electrons. The summed E-state index contributed by atoms with van der Waals surface area (Å²) in [5, 5.41) is 5.07. The number of H-pyrrole nitrogens is 1. The van der Waals surface area contributed by atoms with Gasteiger partial charge >= 0.3 is 20.2 Å². The molecule has 0 amide bonds. The molecule has 4 rings (SSSR count). The van der Waals surface area contributed by atoms with Crippen LogP contribution in [0.25, 0.3) is 10.8 Å². The minimum absolute atomic E-state index is 0.00437. The van der Waals surface area contributed by atoms with E-state index in [0.717, 1.165) is 10.8 Å². The van der Waals surface area contributed by atoms with E-state index >= 15 is 0 Å². The van der Waals surface area contributed by atoms with Gasteiger partial charge in [0.25, 0.3) is 5.56 Å². The molecule has 11 heteroatoms. The molecule has 1 aromatic heterocycles. The molecule has 1 fully saturated rings. The number of fused-ring (bicyclic) bond motifs is 1. The lowest BCUT2D eigenvalue weighted by Crippen LogP contribution is -2.35. The summed E-state index contributed by atoms with van der Waals surface area (Å²) in [6, 6.07) is 12.9. The Labute approximate surface area is 222 Å². The summed E-state index contributed by atoms with van der Waals surface area (Å²) in [7, 11) is -1.77. The van der Waals surface area contributed by atoms with E-state index in [1.54, 1.807) is 27.7 Å². The molecule has 0 saturated carbocycles. The summed E-state index contributed by atoms with van der Waals surface area (Å²) in [6.07, 6.45) is 1.05. The molecule has 2 heterocycles. The van der Waals surface area contributed by atoms with Crippen molar-refractivity contribution in [1.29, 1.82) is 0 Å². The standard InChI is InChI=1S/C27H34N3O7P/c1-16(2)35-26(32)19(5)29-38(37-23-12-8-10-20-9-6-7-11-22(20)23)34-15-21-13-17(3)25(36-21)30-14-18(4)24(31)28-27(30)33/h6-12,14,16-17,19,21,25,29H,13,15H2,1-5H3,(H,28,31,33)/t17?,19?,21?,25?,38-/m1/s1. The Morgan fingerprint density at radius 1 is 1.18 bits per heavy atom.